The molecule has 27 heavy (non-hydrogen) atoms. The highest BCUT2D eigenvalue weighted by atomic mass is 32.1. The van der Waals surface area contributed by atoms with Crippen molar-refractivity contribution in [2.75, 3.05) is 0 Å². The smallest absolute Gasteiger partial charge is 0.177 e. The van der Waals surface area contributed by atoms with E-state index in [1.54, 1.807) is 0 Å². The maximum absolute atomic E-state index is 5.51. The Balaban J connectivity index is 1.86. The molecule has 0 aliphatic heterocycles. The molecule has 0 aliphatic rings. The molecule has 0 spiro atoms. The van der Waals surface area contributed by atoms with Crippen LogP contribution in [0.1, 0.15) is 11.4 Å². The van der Waals surface area contributed by atoms with Gasteiger partial charge in [-0.05, 0) is 35.6 Å². The Kier molecular flexibility index (Phi) is 4.68. The van der Waals surface area contributed by atoms with Crippen LogP contribution in [0.4, 0.5) is 0 Å². The number of H-pyrrole nitrogens is 2. The predicted molar refractivity (Wildman–Crippen MR) is 115 cm³/mol. The monoisotopic (exact) mass is 392 g/mol. The first-order valence-corrected chi connectivity index (χ1v) is 9.54. The first-order valence-electron chi connectivity index (χ1n) is 8.73. The highest BCUT2D eigenvalue weighted by molar-refractivity contribution is 7.71. The van der Waals surface area contributed by atoms with Gasteiger partial charge in [0.05, 0.1) is 11.4 Å². The number of aromatic nitrogens is 4. The first-order chi connectivity index (χ1) is 13.1. The van der Waals surface area contributed by atoms with E-state index in [1.807, 2.05) is 59.6 Å². The van der Waals surface area contributed by atoms with E-state index in [1.165, 1.54) is 0 Å². The van der Waals surface area contributed by atoms with E-state index in [0.29, 0.717) is 16.0 Å². The lowest BCUT2D eigenvalue weighted by atomic mass is 10.0. The Morgan fingerprint density at radius 1 is 0.667 bits per heavy atom. The van der Waals surface area contributed by atoms with Gasteiger partial charge >= 0.3 is 0 Å². The quantitative estimate of drug-likeness (QED) is 0.456. The minimum atomic E-state index is 0.684. The number of hydrogen-bond acceptors (Lipinski definition) is 2. The highest BCUT2D eigenvalue weighted by Gasteiger charge is 2.17. The summed E-state index contributed by atoms with van der Waals surface area (Å²) in [6.07, 6.45) is 0.684. The number of nitrogens with one attached hydrogen (secondary N) is 2. The van der Waals surface area contributed by atoms with Crippen LogP contribution in [0.2, 0.25) is 0 Å². The van der Waals surface area contributed by atoms with E-state index in [-0.39, 0.29) is 0 Å². The van der Waals surface area contributed by atoms with E-state index in [2.05, 4.69) is 34.2 Å². The van der Waals surface area contributed by atoms with Gasteiger partial charge in [0.25, 0.3) is 0 Å². The molecule has 4 nitrogen and oxygen atoms in total. The molecule has 136 valence electrons. The van der Waals surface area contributed by atoms with Crippen molar-refractivity contribution in [2.24, 2.45) is 14.1 Å². The highest BCUT2D eigenvalue weighted by Crippen LogP contribution is 2.29. The van der Waals surface area contributed by atoms with Crippen LogP contribution in [0, 0.1) is 9.54 Å². The Hall–Kier alpha value is -2.70. The molecule has 0 atom stereocenters. The van der Waals surface area contributed by atoms with Crippen molar-refractivity contribution in [2.45, 2.75) is 6.42 Å². The number of hydrogen-bond donors (Lipinski definition) is 2. The van der Waals surface area contributed by atoms with Crippen molar-refractivity contribution in [3.05, 3.63) is 81.6 Å². The molecular weight excluding hydrogens is 372 g/mol. The topological polar surface area (TPSA) is 41.4 Å². The Labute approximate surface area is 168 Å². The molecule has 2 aromatic carbocycles. The summed E-state index contributed by atoms with van der Waals surface area (Å²) in [5, 5.41) is 0. The van der Waals surface area contributed by atoms with Crippen molar-refractivity contribution in [1.82, 2.24) is 19.1 Å². The second-order valence-corrected chi connectivity index (χ2v) is 7.31. The van der Waals surface area contributed by atoms with Crippen molar-refractivity contribution in [1.29, 1.82) is 0 Å². The van der Waals surface area contributed by atoms with E-state index >= 15 is 0 Å². The molecule has 6 heteroatoms. The van der Waals surface area contributed by atoms with Crippen LogP contribution in [0.3, 0.4) is 0 Å². The Bertz CT molecular complexity index is 1100. The lowest BCUT2D eigenvalue weighted by molar-refractivity contribution is 0.902. The van der Waals surface area contributed by atoms with Crippen molar-refractivity contribution < 1.29 is 0 Å². The van der Waals surface area contributed by atoms with Crippen LogP contribution in [-0.2, 0) is 20.5 Å². The van der Waals surface area contributed by atoms with Gasteiger partial charge in [-0.1, -0.05) is 60.7 Å². The molecule has 0 aliphatic carbocycles. The SMILES string of the molecule is Cn1c(-c2ccccc2)c(Cc2[nH]c(=S)n(C)c2-c2ccccc2)[nH]c1=S. The molecule has 4 rings (SSSR count). The molecule has 2 N–H and O–H groups in total. The summed E-state index contributed by atoms with van der Waals surface area (Å²) in [4.78, 5) is 6.76. The van der Waals surface area contributed by atoms with Crippen LogP contribution in [-0.4, -0.2) is 19.1 Å². The molecule has 0 saturated carbocycles. The molecule has 0 radical (unpaired) electrons. The van der Waals surface area contributed by atoms with Gasteiger partial charge in [-0.25, -0.2) is 0 Å². The maximum Gasteiger partial charge on any atom is 0.177 e. The number of imidazole rings is 2. The molecule has 4 aromatic rings. The zero-order valence-electron chi connectivity index (χ0n) is 15.2. The van der Waals surface area contributed by atoms with Crippen LogP contribution >= 0.6 is 24.4 Å². The van der Waals surface area contributed by atoms with Crippen LogP contribution in [0.15, 0.2) is 60.7 Å². The summed E-state index contributed by atoms with van der Waals surface area (Å²) >= 11 is 11.0. The van der Waals surface area contributed by atoms with Gasteiger partial charge in [0.1, 0.15) is 0 Å². The molecule has 0 amide bonds. The van der Waals surface area contributed by atoms with E-state index in [0.717, 1.165) is 33.9 Å². The van der Waals surface area contributed by atoms with Gasteiger partial charge in [-0.2, -0.15) is 0 Å². The summed E-state index contributed by atoms with van der Waals surface area (Å²) in [7, 11) is 3.99. The fourth-order valence-electron chi connectivity index (χ4n) is 3.51. The summed E-state index contributed by atoms with van der Waals surface area (Å²) in [6.45, 7) is 0. The molecule has 2 aromatic heterocycles. The summed E-state index contributed by atoms with van der Waals surface area (Å²) in [6, 6.07) is 20.6. The molecule has 2 heterocycles. The van der Waals surface area contributed by atoms with Gasteiger partial charge in [0, 0.05) is 31.9 Å². The molecule has 0 bridgehead atoms. The zero-order chi connectivity index (χ0) is 19.0. The van der Waals surface area contributed by atoms with Gasteiger partial charge in [0.2, 0.25) is 0 Å². The molecule has 0 fully saturated rings. The Morgan fingerprint density at radius 2 is 1.04 bits per heavy atom. The van der Waals surface area contributed by atoms with Crippen LogP contribution in [0.5, 0.6) is 0 Å². The number of nitrogens with zero attached hydrogens (tertiary/aromatic N) is 2. The van der Waals surface area contributed by atoms with E-state index < -0.39 is 0 Å². The molecular formula is C21H20N4S2. The minimum absolute atomic E-state index is 0.684. The van der Waals surface area contributed by atoms with Gasteiger partial charge in [0.15, 0.2) is 9.54 Å². The summed E-state index contributed by atoms with van der Waals surface area (Å²) in [5.74, 6) is 0. The average Bonchev–Trinajstić information content (AvgIpc) is 3.12. The molecule has 0 saturated heterocycles. The molecule has 0 unspecified atom stereocenters. The van der Waals surface area contributed by atoms with Gasteiger partial charge < -0.3 is 19.1 Å². The van der Waals surface area contributed by atoms with E-state index in [4.69, 9.17) is 24.4 Å². The van der Waals surface area contributed by atoms with Gasteiger partial charge in [-0.3, -0.25) is 0 Å². The van der Waals surface area contributed by atoms with Crippen molar-refractivity contribution in [3.63, 3.8) is 0 Å². The largest absolute Gasteiger partial charge is 0.334 e. The standard InChI is InChI=1S/C21H20N4S2/c1-24-18(14-9-5-3-6-10-14)16(22-20(24)26)13-17-19(25(2)21(27)23-17)15-11-7-4-8-12-15/h3-12H,13H2,1-2H3,(H,22,26)(H,23,27). The van der Waals surface area contributed by atoms with Gasteiger partial charge in [-0.15, -0.1) is 0 Å². The third-order valence-corrected chi connectivity index (χ3v) is 5.57. The fourth-order valence-corrected chi connectivity index (χ4v) is 3.94. The number of aromatic amines is 2. The average molecular weight is 393 g/mol. The second kappa shape index (κ2) is 7.13. The Morgan fingerprint density at radius 3 is 1.41 bits per heavy atom. The van der Waals surface area contributed by atoms with Crippen LogP contribution in [0.25, 0.3) is 22.5 Å². The second-order valence-electron chi connectivity index (χ2n) is 6.54. The third-order valence-electron chi connectivity index (χ3n) is 4.82. The van der Waals surface area contributed by atoms with Crippen molar-refractivity contribution in [3.8, 4) is 22.5 Å². The van der Waals surface area contributed by atoms with E-state index in [9.17, 15) is 0 Å². The fraction of sp³-hybridized carbons (Fsp3) is 0.143. The normalized spacial score (nSPS) is 11.0. The number of rotatable bonds is 4. The summed E-state index contributed by atoms with van der Waals surface area (Å²) < 4.78 is 5.47. The lowest BCUT2D eigenvalue weighted by Crippen LogP contribution is -1.99. The first kappa shape index (κ1) is 17.7. The zero-order valence-corrected chi connectivity index (χ0v) is 16.8. The minimum Gasteiger partial charge on any atom is -0.334 e. The lowest BCUT2D eigenvalue weighted by Gasteiger charge is -2.09. The maximum atomic E-state index is 5.51. The number of benzene rings is 2. The van der Waals surface area contributed by atoms with Crippen LogP contribution < -0.4 is 0 Å². The van der Waals surface area contributed by atoms with Crippen molar-refractivity contribution >= 4 is 24.4 Å². The third kappa shape index (κ3) is 3.22. The predicted octanol–water partition coefficient (Wildman–Crippen LogP) is 5.40. The summed E-state index contributed by atoms with van der Waals surface area (Å²) in [5.41, 5.74) is 6.62.